The Morgan fingerprint density at radius 3 is 2.55 bits per heavy atom. The molecule has 0 bridgehead atoms. The van der Waals surface area contributed by atoms with Crippen LogP contribution in [0, 0.1) is 0 Å². The first-order valence-electron chi connectivity index (χ1n) is 10.3. The SMILES string of the molecule is CCN(CC)CCCCCC(=O)N1c2ccc(Cl)cc2NC(=O)c2ccccc21. The van der Waals surface area contributed by atoms with Crippen LogP contribution in [-0.4, -0.2) is 36.3 Å². The lowest BCUT2D eigenvalue weighted by Crippen LogP contribution is -2.26. The van der Waals surface area contributed by atoms with E-state index in [1.165, 1.54) is 0 Å². The van der Waals surface area contributed by atoms with Crippen LogP contribution in [0.4, 0.5) is 17.1 Å². The third kappa shape index (κ3) is 4.98. The van der Waals surface area contributed by atoms with E-state index in [9.17, 15) is 9.59 Å². The van der Waals surface area contributed by atoms with Crippen molar-refractivity contribution in [1.82, 2.24) is 4.90 Å². The van der Waals surface area contributed by atoms with Gasteiger partial charge in [-0.15, -0.1) is 0 Å². The number of para-hydroxylation sites is 1. The van der Waals surface area contributed by atoms with E-state index in [1.807, 2.05) is 12.1 Å². The fourth-order valence-corrected chi connectivity index (χ4v) is 3.86. The van der Waals surface area contributed by atoms with E-state index in [-0.39, 0.29) is 11.8 Å². The molecule has 0 spiro atoms. The Bertz CT molecular complexity index is 880. The standard InChI is InChI=1S/C23H28ClN3O2/c1-3-26(4-2)15-9-5-6-12-22(28)27-20-11-8-7-10-18(20)23(29)25-19-16-17(24)13-14-21(19)27/h7-8,10-11,13-14,16H,3-6,9,12,15H2,1-2H3,(H,25,29). The van der Waals surface area contributed by atoms with Gasteiger partial charge in [-0.2, -0.15) is 0 Å². The molecule has 29 heavy (non-hydrogen) atoms. The van der Waals surface area contributed by atoms with Gasteiger partial charge in [0.2, 0.25) is 5.91 Å². The average Bonchev–Trinajstić information content (AvgIpc) is 2.84. The number of nitrogens with zero attached hydrogens (tertiary/aromatic N) is 2. The first kappa shape index (κ1) is 21.3. The molecule has 2 aromatic carbocycles. The van der Waals surface area contributed by atoms with Crippen molar-refractivity contribution in [1.29, 1.82) is 0 Å². The zero-order valence-electron chi connectivity index (χ0n) is 17.1. The molecule has 6 heteroatoms. The summed E-state index contributed by atoms with van der Waals surface area (Å²) in [5.74, 6) is -0.251. The molecule has 1 aliphatic rings. The van der Waals surface area contributed by atoms with Crippen LogP contribution in [0.2, 0.25) is 5.02 Å². The van der Waals surface area contributed by atoms with Crippen LogP contribution in [0.5, 0.6) is 0 Å². The number of rotatable bonds is 8. The Kier molecular flexibility index (Phi) is 7.29. The topological polar surface area (TPSA) is 52.7 Å². The normalized spacial score (nSPS) is 13.0. The highest BCUT2D eigenvalue weighted by Crippen LogP contribution is 2.39. The second-order valence-electron chi connectivity index (χ2n) is 7.20. The van der Waals surface area contributed by atoms with Gasteiger partial charge in [-0.1, -0.05) is 44.0 Å². The second-order valence-corrected chi connectivity index (χ2v) is 7.64. The van der Waals surface area contributed by atoms with Crippen molar-refractivity contribution < 1.29 is 9.59 Å². The van der Waals surface area contributed by atoms with Gasteiger partial charge in [0.15, 0.2) is 0 Å². The van der Waals surface area contributed by atoms with E-state index in [0.29, 0.717) is 34.1 Å². The number of hydrogen-bond donors (Lipinski definition) is 1. The summed E-state index contributed by atoms with van der Waals surface area (Å²) in [5, 5.41) is 3.40. The highest BCUT2D eigenvalue weighted by Gasteiger charge is 2.28. The highest BCUT2D eigenvalue weighted by atomic mass is 35.5. The Morgan fingerprint density at radius 1 is 1.03 bits per heavy atom. The van der Waals surface area contributed by atoms with Gasteiger partial charge >= 0.3 is 0 Å². The number of halogens is 1. The monoisotopic (exact) mass is 413 g/mol. The molecule has 0 unspecified atom stereocenters. The summed E-state index contributed by atoms with van der Waals surface area (Å²) in [6, 6.07) is 12.4. The largest absolute Gasteiger partial charge is 0.320 e. The summed E-state index contributed by atoms with van der Waals surface area (Å²) in [6.07, 6.45) is 3.34. The van der Waals surface area contributed by atoms with Crippen molar-refractivity contribution in [2.24, 2.45) is 0 Å². The van der Waals surface area contributed by atoms with Crippen LogP contribution in [-0.2, 0) is 4.79 Å². The third-order valence-corrected chi connectivity index (χ3v) is 5.58. The lowest BCUT2D eigenvalue weighted by Gasteiger charge is -2.24. The Balaban J connectivity index is 1.78. The maximum Gasteiger partial charge on any atom is 0.257 e. The molecule has 154 valence electrons. The highest BCUT2D eigenvalue weighted by molar-refractivity contribution is 6.31. The molecule has 2 aromatic rings. The first-order valence-corrected chi connectivity index (χ1v) is 10.7. The van der Waals surface area contributed by atoms with E-state index in [2.05, 4.69) is 24.1 Å². The molecule has 1 N–H and O–H groups in total. The molecule has 0 aromatic heterocycles. The number of unbranched alkanes of at least 4 members (excludes halogenated alkanes) is 2. The van der Waals surface area contributed by atoms with Gasteiger partial charge in [0.1, 0.15) is 0 Å². The fraction of sp³-hybridized carbons (Fsp3) is 0.391. The van der Waals surface area contributed by atoms with Crippen molar-refractivity contribution in [2.75, 3.05) is 29.9 Å². The summed E-state index contributed by atoms with van der Waals surface area (Å²) in [6.45, 7) is 7.51. The predicted octanol–water partition coefficient (Wildman–Crippen LogP) is 5.47. The van der Waals surface area contributed by atoms with Gasteiger partial charge in [0.25, 0.3) is 5.91 Å². The summed E-state index contributed by atoms with van der Waals surface area (Å²) < 4.78 is 0. The second kappa shape index (κ2) is 9.90. The summed E-state index contributed by atoms with van der Waals surface area (Å²) in [7, 11) is 0. The third-order valence-electron chi connectivity index (χ3n) is 5.35. The minimum Gasteiger partial charge on any atom is -0.320 e. The predicted molar refractivity (Wildman–Crippen MR) is 119 cm³/mol. The zero-order valence-corrected chi connectivity index (χ0v) is 17.8. The van der Waals surface area contributed by atoms with Gasteiger partial charge in [-0.3, -0.25) is 14.5 Å². The van der Waals surface area contributed by atoms with Crippen LogP contribution in [0.3, 0.4) is 0 Å². The Hall–Kier alpha value is -2.37. The first-order chi connectivity index (χ1) is 14.0. The van der Waals surface area contributed by atoms with Crippen molar-refractivity contribution in [3.05, 3.63) is 53.1 Å². The van der Waals surface area contributed by atoms with E-state index in [4.69, 9.17) is 11.6 Å². The van der Waals surface area contributed by atoms with Gasteiger partial charge in [0, 0.05) is 11.4 Å². The molecule has 2 amide bonds. The lowest BCUT2D eigenvalue weighted by atomic mass is 10.1. The van der Waals surface area contributed by atoms with Crippen LogP contribution in [0.1, 0.15) is 49.9 Å². The molecule has 0 saturated carbocycles. The molecular formula is C23H28ClN3O2. The van der Waals surface area contributed by atoms with E-state index in [1.54, 1.807) is 35.2 Å². The van der Waals surface area contributed by atoms with Crippen molar-refractivity contribution in [3.8, 4) is 0 Å². The van der Waals surface area contributed by atoms with Crippen LogP contribution >= 0.6 is 11.6 Å². The number of nitrogens with one attached hydrogen (secondary N) is 1. The maximum absolute atomic E-state index is 13.2. The molecule has 0 aliphatic carbocycles. The van der Waals surface area contributed by atoms with Gasteiger partial charge in [0.05, 0.1) is 22.6 Å². The molecule has 0 saturated heterocycles. The van der Waals surface area contributed by atoms with E-state index >= 15 is 0 Å². The van der Waals surface area contributed by atoms with Crippen LogP contribution in [0.15, 0.2) is 42.5 Å². The number of benzene rings is 2. The molecule has 1 aliphatic heterocycles. The molecule has 0 fully saturated rings. The summed E-state index contributed by atoms with van der Waals surface area (Å²) >= 11 is 6.13. The average molecular weight is 414 g/mol. The summed E-state index contributed by atoms with van der Waals surface area (Å²) in [5.41, 5.74) is 2.29. The van der Waals surface area contributed by atoms with Crippen LogP contribution in [0.25, 0.3) is 0 Å². The number of fused-ring (bicyclic) bond motifs is 2. The Morgan fingerprint density at radius 2 is 1.79 bits per heavy atom. The van der Waals surface area contributed by atoms with Crippen molar-refractivity contribution in [2.45, 2.75) is 39.5 Å². The fourth-order valence-electron chi connectivity index (χ4n) is 3.69. The molecule has 0 radical (unpaired) electrons. The quantitative estimate of drug-likeness (QED) is 0.583. The smallest absolute Gasteiger partial charge is 0.257 e. The number of hydrogen-bond acceptors (Lipinski definition) is 3. The number of amides is 2. The minimum atomic E-state index is -0.237. The zero-order chi connectivity index (χ0) is 20.8. The van der Waals surface area contributed by atoms with Crippen molar-refractivity contribution in [3.63, 3.8) is 0 Å². The number of carbonyl (C=O) groups excluding carboxylic acids is 2. The van der Waals surface area contributed by atoms with Crippen LogP contribution < -0.4 is 10.2 Å². The number of anilines is 3. The Labute approximate surface area is 177 Å². The van der Waals surface area contributed by atoms with Gasteiger partial charge in [-0.25, -0.2) is 0 Å². The number of carbonyl (C=O) groups is 2. The van der Waals surface area contributed by atoms with Crippen molar-refractivity contribution >= 4 is 40.5 Å². The molecule has 1 heterocycles. The molecule has 3 rings (SSSR count). The molecule has 5 nitrogen and oxygen atoms in total. The molecule has 0 atom stereocenters. The van der Waals surface area contributed by atoms with Gasteiger partial charge in [-0.05, 0) is 62.8 Å². The maximum atomic E-state index is 13.2. The van der Waals surface area contributed by atoms with E-state index in [0.717, 1.165) is 38.9 Å². The van der Waals surface area contributed by atoms with Gasteiger partial charge < -0.3 is 10.2 Å². The van der Waals surface area contributed by atoms with E-state index < -0.39 is 0 Å². The molecular weight excluding hydrogens is 386 g/mol. The summed E-state index contributed by atoms with van der Waals surface area (Å²) in [4.78, 5) is 29.9. The minimum absolute atomic E-state index is 0.0136. The lowest BCUT2D eigenvalue weighted by molar-refractivity contribution is -0.118.